The first-order valence-electron chi connectivity index (χ1n) is 12.7. The van der Waals surface area contributed by atoms with E-state index >= 15 is 0 Å². The molecular formula is C29H32N6O. The molecule has 1 amide bonds. The van der Waals surface area contributed by atoms with Crippen LogP contribution in [0.5, 0.6) is 0 Å². The maximum absolute atomic E-state index is 12.2. The Morgan fingerprint density at radius 3 is 2.53 bits per heavy atom. The molecule has 0 radical (unpaired) electrons. The third-order valence-corrected chi connectivity index (χ3v) is 7.76. The predicted molar refractivity (Wildman–Crippen MR) is 143 cm³/mol. The summed E-state index contributed by atoms with van der Waals surface area (Å²) in [5.74, 6) is 1.60. The molecule has 1 saturated heterocycles. The van der Waals surface area contributed by atoms with E-state index < -0.39 is 0 Å². The first-order chi connectivity index (χ1) is 17.5. The summed E-state index contributed by atoms with van der Waals surface area (Å²) in [6.45, 7) is 3.93. The Labute approximate surface area is 211 Å². The maximum Gasteiger partial charge on any atom is 0.253 e. The Morgan fingerprint density at radius 2 is 1.86 bits per heavy atom. The van der Waals surface area contributed by atoms with Gasteiger partial charge in [0.2, 0.25) is 0 Å². The van der Waals surface area contributed by atoms with Crippen molar-refractivity contribution in [1.29, 1.82) is 0 Å². The minimum Gasteiger partial charge on any atom is -0.366 e. The van der Waals surface area contributed by atoms with Gasteiger partial charge in [0.15, 0.2) is 0 Å². The summed E-state index contributed by atoms with van der Waals surface area (Å²) in [5, 5.41) is 4.43. The molecule has 0 saturated carbocycles. The van der Waals surface area contributed by atoms with Crippen molar-refractivity contribution >= 4 is 22.8 Å². The SMILES string of the molecule is CN(C)C(=O)c1ccc(C2CCN(Cc3cc4c(-c5cnc6c(c5)CN6)ccnc4n3C)CC2)cc1. The lowest BCUT2D eigenvalue weighted by Gasteiger charge is -2.32. The van der Waals surface area contributed by atoms with Crippen molar-refractivity contribution in [2.24, 2.45) is 7.05 Å². The van der Waals surface area contributed by atoms with E-state index in [1.54, 1.807) is 19.0 Å². The minimum atomic E-state index is 0.0536. The van der Waals surface area contributed by atoms with E-state index in [4.69, 9.17) is 4.98 Å². The second-order valence-electron chi connectivity index (χ2n) is 10.2. The normalized spacial score (nSPS) is 15.9. The van der Waals surface area contributed by atoms with E-state index in [1.165, 1.54) is 27.8 Å². The van der Waals surface area contributed by atoms with Crippen LogP contribution in [-0.4, -0.2) is 57.4 Å². The lowest BCUT2D eigenvalue weighted by molar-refractivity contribution is 0.0827. The summed E-state index contributed by atoms with van der Waals surface area (Å²) in [6, 6.07) is 14.9. The number of hydrogen-bond acceptors (Lipinski definition) is 5. The zero-order valence-corrected chi connectivity index (χ0v) is 21.2. The van der Waals surface area contributed by atoms with E-state index in [-0.39, 0.29) is 5.91 Å². The number of nitrogens with zero attached hydrogens (tertiary/aromatic N) is 5. The van der Waals surface area contributed by atoms with Crippen LogP contribution in [0.15, 0.2) is 54.9 Å². The van der Waals surface area contributed by atoms with Gasteiger partial charge in [-0.25, -0.2) is 9.97 Å². The monoisotopic (exact) mass is 480 g/mol. The molecule has 4 aromatic rings. The van der Waals surface area contributed by atoms with Crippen LogP contribution in [-0.2, 0) is 20.1 Å². The molecule has 0 spiro atoms. The lowest BCUT2D eigenvalue weighted by atomic mass is 9.89. The highest BCUT2D eigenvalue weighted by Gasteiger charge is 2.23. The molecule has 2 aliphatic heterocycles. The Bertz CT molecular complexity index is 1430. The van der Waals surface area contributed by atoms with E-state index in [0.717, 1.165) is 61.6 Å². The molecule has 36 heavy (non-hydrogen) atoms. The fourth-order valence-electron chi connectivity index (χ4n) is 5.51. The van der Waals surface area contributed by atoms with Gasteiger partial charge in [0, 0.05) is 74.4 Å². The molecule has 1 fully saturated rings. The summed E-state index contributed by atoms with van der Waals surface area (Å²) in [5.41, 5.74) is 8.01. The van der Waals surface area contributed by atoms with Gasteiger partial charge in [-0.3, -0.25) is 9.69 Å². The van der Waals surface area contributed by atoms with Crippen LogP contribution in [0.4, 0.5) is 5.82 Å². The quantitative estimate of drug-likeness (QED) is 0.451. The Hall–Kier alpha value is -3.71. The zero-order valence-electron chi connectivity index (χ0n) is 21.2. The summed E-state index contributed by atoms with van der Waals surface area (Å²) < 4.78 is 2.24. The van der Waals surface area contributed by atoms with Crippen LogP contribution in [0.3, 0.4) is 0 Å². The van der Waals surface area contributed by atoms with Gasteiger partial charge in [0.1, 0.15) is 11.5 Å². The van der Waals surface area contributed by atoms with Crippen molar-refractivity contribution in [1.82, 2.24) is 24.3 Å². The number of rotatable bonds is 5. The number of amides is 1. The fraction of sp³-hybridized carbons (Fsp3) is 0.345. The van der Waals surface area contributed by atoms with E-state index in [9.17, 15) is 4.79 Å². The van der Waals surface area contributed by atoms with Gasteiger partial charge in [-0.05, 0) is 73.3 Å². The van der Waals surface area contributed by atoms with Crippen LogP contribution in [0, 0.1) is 0 Å². The molecule has 6 rings (SSSR count). The summed E-state index contributed by atoms with van der Waals surface area (Å²) >= 11 is 0. The van der Waals surface area contributed by atoms with Crippen molar-refractivity contribution in [2.75, 3.05) is 32.5 Å². The van der Waals surface area contributed by atoms with Crippen molar-refractivity contribution < 1.29 is 4.79 Å². The second kappa shape index (κ2) is 9.06. The van der Waals surface area contributed by atoms with Gasteiger partial charge in [-0.2, -0.15) is 0 Å². The van der Waals surface area contributed by atoms with Crippen LogP contribution in [0.1, 0.15) is 45.9 Å². The number of hydrogen-bond donors (Lipinski definition) is 1. The topological polar surface area (TPSA) is 66.3 Å². The van der Waals surface area contributed by atoms with Crippen LogP contribution in [0.2, 0.25) is 0 Å². The van der Waals surface area contributed by atoms with Crippen LogP contribution in [0.25, 0.3) is 22.2 Å². The number of fused-ring (bicyclic) bond motifs is 2. The smallest absolute Gasteiger partial charge is 0.253 e. The maximum atomic E-state index is 12.2. The van der Waals surface area contributed by atoms with Crippen molar-refractivity contribution in [3.63, 3.8) is 0 Å². The van der Waals surface area contributed by atoms with Crippen LogP contribution < -0.4 is 5.32 Å². The van der Waals surface area contributed by atoms with Crippen LogP contribution >= 0.6 is 0 Å². The molecule has 1 aromatic carbocycles. The molecule has 7 heteroatoms. The molecule has 2 aliphatic rings. The van der Waals surface area contributed by atoms with E-state index in [1.807, 2.05) is 24.5 Å². The molecule has 0 atom stereocenters. The average molecular weight is 481 g/mol. The molecule has 1 N–H and O–H groups in total. The number of anilines is 1. The highest BCUT2D eigenvalue weighted by molar-refractivity contribution is 5.94. The lowest BCUT2D eigenvalue weighted by Crippen LogP contribution is -2.33. The average Bonchev–Trinajstić information content (AvgIpc) is 3.20. The number of carbonyl (C=O) groups is 1. The van der Waals surface area contributed by atoms with Gasteiger partial charge in [-0.15, -0.1) is 0 Å². The third kappa shape index (κ3) is 4.03. The van der Waals surface area contributed by atoms with E-state index in [0.29, 0.717) is 5.92 Å². The molecule has 0 unspecified atom stereocenters. The van der Waals surface area contributed by atoms with Gasteiger partial charge < -0.3 is 14.8 Å². The zero-order chi connectivity index (χ0) is 24.8. The Kier molecular flexibility index (Phi) is 5.72. The molecular weight excluding hydrogens is 448 g/mol. The highest BCUT2D eigenvalue weighted by atomic mass is 16.2. The minimum absolute atomic E-state index is 0.0536. The van der Waals surface area contributed by atoms with Crippen molar-refractivity contribution in [3.05, 3.63) is 77.2 Å². The summed E-state index contributed by atoms with van der Waals surface area (Å²) in [4.78, 5) is 25.6. The van der Waals surface area contributed by atoms with Gasteiger partial charge in [0.05, 0.1) is 0 Å². The van der Waals surface area contributed by atoms with Gasteiger partial charge >= 0.3 is 0 Å². The largest absolute Gasteiger partial charge is 0.366 e. The first kappa shape index (κ1) is 22.7. The molecule has 0 aliphatic carbocycles. The number of likely N-dealkylation sites (tertiary alicyclic amines) is 1. The number of nitrogens with one attached hydrogen (secondary N) is 1. The number of aryl methyl sites for hydroxylation is 1. The Morgan fingerprint density at radius 1 is 1.08 bits per heavy atom. The first-order valence-corrected chi connectivity index (χ1v) is 12.7. The van der Waals surface area contributed by atoms with Gasteiger partial charge in [-0.1, -0.05) is 12.1 Å². The number of aromatic nitrogens is 3. The standard InChI is InChI=1S/C29H32N6O/c1-33(2)29(36)21-6-4-19(5-7-21)20-9-12-35(13-10-20)18-24-15-26-25(8-11-30-28(26)34(24)3)22-14-23-17-32-27(23)31-16-22/h4-8,11,14-16,20H,9-10,12-13,17-18H2,1-3H3,(H,31,32). The van der Waals surface area contributed by atoms with E-state index in [2.05, 4.69) is 57.1 Å². The molecule has 0 bridgehead atoms. The van der Waals surface area contributed by atoms with Crippen molar-refractivity contribution in [3.8, 4) is 11.1 Å². The third-order valence-electron chi connectivity index (χ3n) is 7.76. The molecule has 7 nitrogen and oxygen atoms in total. The molecule has 184 valence electrons. The number of benzene rings is 1. The fourth-order valence-corrected chi connectivity index (χ4v) is 5.51. The number of carbonyl (C=O) groups excluding carboxylic acids is 1. The second-order valence-corrected chi connectivity index (χ2v) is 10.2. The predicted octanol–water partition coefficient (Wildman–Crippen LogP) is 4.64. The summed E-state index contributed by atoms with van der Waals surface area (Å²) in [6.07, 6.45) is 6.12. The molecule has 5 heterocycles. The Balaban J connectivity index is 1.15. The van der Waals surface area contributed by atoms with Gasteiger partial charge in [0.25, 0.3) is 5.91 Å². The summed E-state index contributed by atoms with van der Waals surface area (Å²) in [7, 11) is 5.70. The number of piperidine rings is 1. The molecule has 3 aromatic heterocycles. The highest BCUT2D eigenvalue weighted by Crippen LogP contribution is 2.34. The number of pyridine rings is 2. The van der Waals surface area contributed by atoms with Crippen molar-refractivity contribution in [2.45, 2.75) is 31.8 Å².